The maximum absolute atomic E-state index is 12.0. The fourth-order valence-corrected chi connectivity index (χ4v) is 2.09. The van der Waals surface area contributed by atoms with Gasteiger partial charge < -0.3 is 20.3 Å². The van der Waals surface area contributed by atoms with Gasteiger partial charge in [-0.3, -0.25) is 0 Å². The van der Waals surface area contributed by atoms with Crippen molar-refractivity contribution in [1.82, 2.24) is 4.90 Å². The van der Waals surface area contributed by atoms with Crippen LogP contribution in [0.15, 0.2) is 48.5 Å². The summed E-state index contributed by atoms with van der Waals surface area (Å²) in [5, 5.41) is 5.58. The minimum absolute atomic E-state index is 0.301. The Hall–Kier alpha value is -2.53. The number of urea groups is 1. The van der Waals surface area contributed by atoms with E-state index in [9.17, 15) is 4.79 Å². The second-order valence-electron chi connectivity index (χ2n) is 5.21. The van der Waals surface area contributed by atoms with Crippen molar-refractivity contribution < 1.29 is 9.53 Å². The zero-order chi connectivity index (χ0) is 15.9. The summed E-state index contributed by atoms with van der Waals surface area (Å²) in [4.78, 5) is 14.1. The number of hydrogen-bond donors (Lipinski definition) is 2. The number of nitrogens with zero attached hydrogens (tertiary/aromatic N) is 1. The summed E-state index contributed by atoms with van der Waals surface area (Å²) >= 11 is 0. The Labute approximate surface area is 130 Å². The van der Waals surface area contributed by atoms with Crippen molar-refractivity contribution >= 4 is 17.4 Å². The summed E-state index contributed by atoms with van der Waals surface area (Å²) in [5.74, 6) is 0.624. The highest BCUT2D eigenvalue weighted by molar-refractivity contribution is 6.00. The van der Waals surface area contributed by atoms with Gasteiger partial charge in [0, 0.05) is 12.2 Å². The number of nitrogens with one attached hydrogen (secondary N) is 2. The van der Waals surface area contributed by atoms with Crippen molar-refractivity contribution in [3.05, 3.63) is 54.1 Å². The molecular weight excluding hydrogens is 278 g/mol. The highest BCUT2D eigenvalue weighted by atomic mass is 16.5. The first-order valence-corrected chi connectivity index (χ1v) is 7.03. The molecule has 0 aliphatic heterocycles. The minimum atomic E-state index is -0.301. The molecule has 2 N–H and O–H groups in total. The lowest BCUT2D eigenvalue weighted by Gasteiger charge is -2.12. The SMILES string of the molecule is COc1ccccc1NC(=O)Nc1ccc(CN(C)C)cc1. The summed E-state index contributed by atoms with van der Waals surface area (Å²) in [5.41, 5.74) is 2.57. The lowest BCUT2D eigenvalue weighted by molar-refractivity contribution is 0.262. The third-order valence-corrected chi connectivity index (χ3v) is 3.07. The number of rotatable bonds is 5. The molecule has 22 heavy (non-hydrogen) atoms. The van der Waals surface area contributed by atoms with Crippen LogP contribution in [0.4, 0.5) is 16.2 Å². The van der Waals surface area contributed by atoms with Gasteiger partial charge in [0.2, 0.25) is 0 Å². The molecule has 0 saturated heterocycles. The number of hydrogen-bond acceptors (Lipinski definition) is 3. The highest BCUT2D eigenvalue weighted by Crippen LogP contribution is 2.23. The van der Waals surface area contributed by atoms with Gasteiger partial charge in [0.25, 0.3) is 0 Å². The Kier molecular flexibility index (Phi) is 5.38. The van der Waals surface area contributed by atoms with Crippen molar-refractivity contribution in [2.45, 2.75) is 6.54 Å². The summed E-state index contributed by atoms with van der Waals surface area (Å²) in [6.07, 6.45) is 0. The third kappa shape index (κ3) is 4.49. The summed E-state index contributed by atoms with van der Waals surface area (Å²) < 4.78 is 5.20. The molecule has 0 atom stereocenters. The quantitative estimate of drug-likeness (QED) is 0.889. The van der Waals surface area contributed by atoms with Gasteiger partial charge in [-0.2, -0.15) is 0 Å². The van der Waals surface area contributed by atoms with E-state index < -0.39 is 0 Å². The molecule has 0 aliphatic carbocycles. The van der Waals surface area contributed by atoms with E-state index in [1.54, 1.807) is 19.2 Å². The van der Waals surface area contributed by atoms with Gasteiger partial charge >= 0.3 is 6.03 Å². The molecule has 116 valence electrons. The lowest BCUT2D eigenvalue weighted by atomic mass is 10.2. The molecule has 2 rings (SSSR count). The topological polar surface area (TPSA) is 53.6 Å². The van der Waals surface area contributed by atoms with Crippen LogP contribution in [0.2, 0.25) is 0 Å². The zero-order valence-corrected chi connectivity index (χ0v) is 13.1. The zero-order valence-electron chi connectivity index (χ0n) is 13.1. The Balaban J connectivity index is 1.97. The van der Waals surface area contributed by atoms with Gasteiger partial charge in [-0.15, -0.1) is 0 Å². The van der Waals surface area contributed by atoms with Gasteiger partial charge in [-0.1, -0.05) is 24.3 Å². The molecule has 5 nitrogen and oxygen atoms in total. The number of amides is 2. The predicted molar refractivity (Wildman–Crippen MR) is 89.5 cm³/mol. The van der Waals surface area contributed by atoms with Crippen molar-refractivity contribution in [2.75, 3.05) is 31.8 Å². The molecular formula is C17H21N3O2. The maximum Gasteiger partial charge on any atom is 0.323 e. The van der Waals surface area contributed by atoms with Crippen LogP contribution in [-0.2, 0) is 6.54 Å². The number of carbonyl (C=O) groups excluding carboxylic acids is 1. The van der Waals surface area contributed by atoms with Crippen LogP contribution < -0.4 is 15.4 Å². The van der Waals surface area contributed by atoms with E-state index in [2.05, 4.69) is 15.5 Å². The van der Waals surface area contributed by atoms with Gasteiger partial charge in [-0.25, -0.2) is 4.79 Å². The van der Waals surface area contributed by atoms with Gasteiger partial charge in [0.15, 0.2) is 0 Å². The van der Waals surface area contributed by atoms with Crippen LogP contribution in [0.3, 0.4) is 0 Å². The molecule has 0 spiro atoms. The van der Waals surface area contributed by atoms with Crippen LogP contribution in [0, 0.1) is 0 Å². The smallest absolute Gasteiger partial charge is 0.323 e. The van der Waals surface area contributed by atoms with Gasteiger partial charge in [-0.05, 0) is 43.9 Å². The van der Waals surface area contributed by atoms with Crippen molar-refractivity contribution in [3.63, 3.8) is 0 Å². The lowest BCUT2D eigenvalue weighted by Crippen LogP contribution is -2.19. The second kappa shape index (κ2) is 7.47. The third-order valence-electron chi connectivity index (χ3n) is 3.07. The van der Waals surface area contributed by atoms with Crippen molar-refractivity contribution in [3.8, 4) is 5.75 Å². The fraction of sp³-hybridized carbons (Fsp3) is 0.235. The predicted octanol–water partition coefficient (Wildman–Crippen LogP) is 3.40. The van der Waals surface area contributed by atoms with Crippen LogP contribution in [0.1, 0.15) is 5.56 Å². The molecule has 0 aliphatic rings. The second-order valence-corrected chi connectivity index (χ2v) is 5.21. The molecule has 2 aromatic rings. The summed E-state index contributed by atoms with van der Waals surface area (Å²) in [6.45, 7) is 0.869. The molecule has 0 radical (unpaired) electrons. The Bertz CT molecular complexity index is 624. The first-order valence-electron chi connectivity index (χ1n) is 7.03. The maximum atomic E-state index is 12.0. The number of ether oxygens (including phenoxy) is 1. The van der Waals surface area contributed by atoms with Crippen LogP contribution in [0.25, 0.3) is 0 Å². The van der Waals surface area contributed by atoms with Crippen molar-refractivity contribution in [1.29, 1.82) is 0 Å². The first kappa shape index (κ1) is 15.9. The van der Waals surface area contributed by atoms with E-state index in [0.29, 0.717) is 11.4 Å². The van der Waals surface area contributed by atoms with Gasteiger partial charge in [0.1, 0.15) is 5.75 Å². The average molecular weight is 299 g/mol. The molecule has 2 amide bonds. The monoisotopic (exact) mass is 299 g/mol. The van der Waals surface area contributed by atoms with Crippen molar-refractivity contribution in [2.24, 2.45) is 0 Å². The molecule has 0 bridgehead atoms. The Morgan fingerprint density at radius 2 is 1.73 bits per heavy atom. The van der Waals surface area contributed by atoms with Crippen LogP contribution in [0.5, 0.6) is 5.75 Å². The Morgan fingerprint density at radius 1 is 1.05 bits per heavy atom. The standard InChI is InChI=1S/C17H21N3O2/c1-20(2)12-13-8-10-14(11-9-13)18-17(21)19-15-6-4-5-7-16(15)22-3/h4-11H,12H2,1-3H3,(H2,18,19,21). The number of methoxy groups -OCH3 is 1. The molecule has 5 heteroatoms. The summed E-state index contributed by atoms with van der Waals surface area (Å²) in [6, 6.07) is 14.8. The molecule has 0 heterocycles. The number of benzene rings is 2. The largest absolute Gasteiger partial charge is 0.495 e. The average Bonchev–Trinajstić information content (AvgIpc) is 2.49. The normalized spacial score (nSPS) is 10.4. The van der Waals surface area contributed by atoms with E-state index in [1.807, 2.05) is 50.5 Å². The number of para-hydroxylation sites is 2. The van der Waals surface area contributed by atoms with E-state index >= 15 is 0 Å². The summed E-state index contributed by atoms with van der Waals surface area (Å²) in [7, 11) is 5.61. The van der Waals surface area contributed by atoms with Crippen LogP contribution in [-0.4, -0.2) is 32.1 Å². The number of anilines is 2. The molecule has 2 aromatic carbocycles. The minimum Gasteiger partial charge on any atom is -0.495 e. The Morgan fingerprint density at radius 3 is 2.36 bits per heavy atom. The molecule has 0 fully saturated rings. The number of carbonyl (C=O) groups is 1. The molecule has 0 saturated carbocycles. The fourth-order valence-electron chi connectivity index (χ4n) is 2.09. The highest BCUT2D eigenvalue weighted by Gasteiger charge is 2.07. The van der Waals surface area contributed by atoms with E-state index in [1.165, 1.54) is 5.56 Å². The molecule has 0 unspecified atom stereocenters. The van der Waals surface area contributed by atoms with E-state index in [0.717, 1.165) is 12.2 Å². The van der Waals surface area contributed by atoms with E-state index in [-0.39, 0.29) is 6.03 Å². The molecule has 0 aromatic heterocycles. The van der Waals surface area contributed by atoms with E-state index in [4.69, 9.17) is 4.74 Å². The van der Waals surface area contributed by atoms with Crippen LogP contribution >= 0.6 is 0 Å². The van der Waals surface area contributed by atoms with Gasteiger partial charge in [0.05, 0.1) is 12.8 Å². The first-order chi connectivity index (χ1) is 10.6.